The van der Waals surface area contributed by atoms with E-state index in [4.69, 9.17) is 22.6 Å². The van der Waals surface area contributed by atoms with Crippen LogP contribution in [0.5, 0.6) is 5.75 Å². The number of H-pyrrole nitrogens is 2. The van der Waals surface area contributed by atoms with Gasteiger partial charge in [0.05, 0.1) is 37.7 Å². The lowest BCUT2D eigenvalue weighted by Crippen LogP contribution is -2.67. The smallest absolute Gasteiger partial charge is 0.246 e. The molecule has 6 aromatic rings. The van der Waals surface area contributed by atoms with Crippen LogP contribution in [-0.4, -0.2) is 306 Å². The number of guanidine groups is 1. The number of nitrogens with zero attached hydrogens (tertiary/aromatic N) is 6. The van der Waals surface area contributed by atoms with Gasteiger partial charge in [-0.15, -0.1) is 23.1 Å². The van der Waals surface area contributed by atoms with E-state index in [9.17, 15) is 48.6 Å². The minimum Gasteiger partial charge on any atom is -0.508 e. The first kappa shape index (κ1) is 107. The van der Waals surface area contributed by atoms with Gasteiger partial charge in [-0.3, -0.25) is 92.2 Å². The molecule has 0 spiro atoms. The molecule has 136 heavy (non-hydrogen) atoms. The molecule has 0 aliphatic carbocycles. The van der Waals surface area contributed by atoms with Crippen LogP contribution in [0.15, 0.2) is 96.9 Å². The number of aldehydes is 1. The zero-order valence-corrected chi connectivity index (χ0v) is 79.6. The summed E-state index contributed by atoms with van der Waals surface area (Å²) in [6.45, 7) is 8.24. The molecule has 3 aliphatic rings. The lowest BCUT2D eigenvalue weighted by atomic mass is 9.98. The van der Waals surface area contributed by atoms with Gasteiger partial charge < -0.3 is 115 Å². The molecule has 6 heterocycles. The maximum Gasteiger partial charge on any atom is 0.246 e. The van der Waals surface area contributed by atoms with E-state index in [-0.39, 0.29) is 108 Å². The van der Waals surface area contributed by atoms with Crippen molar-refractivity contribution in [3.63, 3.8) is 0 Å². The number of imidazole rings is 1. The number of primary amides is 2. The van der Waals surface area contributed by atoms with Crippen LogP contribution in [0.1, 0.15) is 154 Å². The predicted molar refractivity (Wildman–Crippen MR) is 507 cm³/mol. The zero-order chi connectivity index (χ0) is 99.4. The van der Waals surface area contributed by atoms with Gasteiger partial charge in [-0.1, -0.05) is 102 Å². The number of para-hydroxylation sites is 1. The monoisotopic (exact) mass is 1920 g/mol. The number of amides is 16. The number of nitrogens with two attached hydrogens (primary N) is 3. The third-order valence-electron chi connectivity index (χ3n) is 24.7. The van der Waals surface area contributed by atoms with Crippen molar-refractivity contribution in [1.82, 2.24) is 97.9 Å². The van der Waals surface area contributed by atoms with Crippen LogP contribution < -0.4 is 75.7 Å². The highest BCUT2D eigenvalue weighted by atomic mass is 32.2. The fraction of sp³-hybridized carbons (Fsp3) is 0.533. The van der Waals surface area contributed by atoms with Crippen molar-refractivity contribution in [3.8, 4) is 5.75 Å². The summed E-state index contributed by atoms with van der Waals surface area (Å²) in [5.41, 5.74) is 17.3. The van der Waals surface area contributed by atoms with Crippen LogP contribution in [0, 0.1) is 11.3 Å². The maximum absolute atomic E-state index is 15.8. The summed E-state index contributed by atoms with van der Waals surface area (Å²) in [5.74, 6) is -16.7. The quantitative estimate of drug-likeness (QED) is 0.0130. The van der Waals surface area contributed by atoms with Gasteiger partial charge in [-0.05, 0) is 136 Å². The maximum atomic E-state index is 15.8. The molecule has 22 N–H and O–H groups in total. The number of unbranched alkanes of at least 4 members (excludes halogenated alkanes) is 2. The fourth-order valence-corrected chi connectivity index (χ4v) is 19.0. The summed E-state index contributed by atoms with van der Waals surface area (Å²) in [4.78, 5) is 268. The Morgan fingerprint density at radius 1 is 0.610 bits per heavy atom. The van der Waals surface area contributed by atoms with Crippen LogP contribution in [0.4, 0.5) is 0 Å². The number of phenolic OH excluding ortho intramolecular Hbond substituents is 1. The number of thiophene rings is 1. The summed E-state index contributed by atoms with van der Waals surface area (Å²) < 4.78 is 0.821. The molecule has 16 amide bonds. The molecule has 3 fully saturated rings. The Hall–Kier alpha value is -13.1. The number of aromatic hydroxyl groups is 1. The number of aliphatic hydroxyl groups excluding tert-OH is 1. The third-order valence-corrected chi connectivity index (χ3v) is 26.8. The summed E-state index contributed by atoms with van der Waals surface area (Å²) in [6.07, 6.45) is 4.67. The lowest BCUT2D eigenvalue weighted by Gasteiger charge is -2.39. The number of phenols is 1. The molecule has 2 unspecified atom stereocenters. The van der Waals surface area contributed by atoms with Crippen molar-refractivity contribution in [2.75, 3.05) is 58.9 Å². The first-order chi connectivity index (χ1) is 64.8. The van der Waals surface area contributed by atoms with Crippen molar-refractivity contribution in [2.24, 2.45) is 23.1 Å². The summed E-state index contributed by atoms with van der Waals surface area (Å²) in [5, 5.41) is 62.5. The number of thioether (sulfide) groups is 1. The molecule has 3 aromatic heterocycles. The van der Waals surface area contributed by atoms with Gasteiger partial charge in [0.2, 0.25) is 94.5 Å². The number of carbonyl (C=O) groups excluding carboxylic acids is 17. The normalized spacial score (nSPS) is 25.1. The molecular weight excluding hydrogens is 1800 g/mol. The van der Waals surface area contributed by atoms with E-state index in [1.165, 1.54) is 86.0 Å². The summed E-state index contributed by atoms with van der Waals surface area (Å²) in [7, 11) is 3.95. The molecule has 9 rings (SSSR count). The molecule has 3 aromatic carbocycles. The zero-order valence-electron chi connectivity index (χ0n) is 78.0. The second-order valence-corrected chi connectivity index (χ2v) is 37.2. The van der Waals surface area contributed by atoms with Gasteiger partial charge in [-0.2, -0.15) is 0 Å². The molecule has 3 aliphatic heterocycles. The van der Waals surface area contributed by atoms with Crippen molar-refractivity contribution < 1.29 is 91.7 Å². The SMILES string of the molecule is CCCC[C@H]1C(=O)N(C)[C@@H](CCCC)C(=O)N[C@@H](CCCNC(=N)N)C(=O)NC(C(=O)NCC(N)=O)CSCC(=O)N[C@@H](Cc2ccc(O)cc2)C(=O)N(C)[C@@H](C)C(=O)N[C@@H](CC(N)=O)C(=O)N2[C@@H](C)CC[C@H]2C(=O)N[C@@H](Cc2cnc[nH]2)C(=O)N[C@@H](CC(C)C)C(=O)N2CCCC2(C=O)N[C@@H](Cc2c[nH]c3ccccc23)C(=O)N[C@@H](CO)C(=O)N[C@@H](Cc2csc3ccccc23)C(=O)N1C. The Balaban J connectivity index is 1.12. The summed E-state index contributed by atoms with van der Waals surface area (Å²) in [6, 6.07) is -0.844. The fourth-order valence-electron chi connectivity index (χ4n) is 17.1. The Bertz CT molecular complexity index is 5250. The van der Waals surface area contributed by atoms with Crippen LogP contribution in [0.2, 0.25) is 0 Å². The number of aromatic nitrogens is 3. The van der Waals surface area contributed by atoms with Gasteiger partial charge in [0.1, 0.15) is 78.3 Å². The molecule has 0 saturated carbocycles. The van der Waals surface area contributed by atoms with Crippen LogP contribution in [0.25, 0.3) is 21.0 Å². The number of fused-ring (bicyclic) bond motifs is 4. The standard InChI is InChI=1S/C92H129N23O19S2/c1-10-12-24-71-84(128)103-62(23-18-34-98-91(95)96)80(124)109-70(79(123)100-44-76(94)120)47-135-48-77(121)102-66(37-54-28-30-58(118)31-29-54)86(130)111(7)53(6)78(122)105-68(41-75(93)119)89(133)115-52(5)27-32-72(115)85(129)104-63(40-57-43-97-50-101-57)81(125)106-65(36-51(3)4)88(132)114-35-19-33-92(114,49-117)110-64(38-55-42-99-61-22-16-14-20-59(55)61)82(126)108-69(45-116)83(127)107-67(39-56-46-136-74-26-17-15-21-60(56)74)87(131)113(9)73(25-13-11-2)90(134)112(71)8/h14-17,20-22,26,28-31,42-43,46,49-53,62-73,99,110,116,118H,10-13,18-19,23-25,27,32-41,44-45,47-48H2,1-9H3,(H2,93,119)(H2,94,120)(H,97,101)(H,100,123)(H,102,121)(H,103,128)(H,104,129)(H,105,122)(H,106,125)(H,107,127)(H,108,126)(H,109,124)(H4,95,96,98)/t52-,53-,62-,63-,64-,65-,66-,67-,68-,69-,70?,71-,72-,73-,92?/m0/s1. The largest absolute Gasteiger partial charge is 0.508 e. The van der Waals surface area contributed by atoms with E-state index in [1.807, 2.05) is 32.0 Å². The molecule has 738 valence electrons. The van der Waals surface area contributed by atoms with Crippen molar-refractivity contribution in [1.29, 1.82) is 5.41 Å². The second-order valence-electron chi connectivity index (χ2n) is 35.2. The first-order valence-corrected chi connectivity index (χ1v) is 47.8. The highest BCUT2D eigenvalue weighted by Crippen LogP contribution is 2.33. The number of benzene rings is 3. The Morgan fingerprint density at radius 3 is 1.88 bits per heavy atom. The molecule has 3 saturated heterocycles. The number of hydrogen-bond acceptors (Lipinski definition) is 24. The molecule has 44 heteroatoms. The van der Waals surface area contributed by atoms with Gasteiger partial charge in [-0.25, -0.2) is 4.98 Å². The third kappa shape index (κ3) is 28.7. The van der Waals surface area contributed by atoms with Crippen molar-refractivity contribution in [2.45, 2.75) is 247 Å². The number of rotatable bonds is 27. The van der Waals surface area contributed by atoms with Crippen molar-refractivity contribution in [3.05, 3.63) is 119 Å². The van der Waals surface area contributed by atoms with Gasteiger partial charge in [0.15, 0.2) is 17.9 Å². The van der Waals surface area contributed by atoms with Crippen LogP contribution in [-0.2, 0) is 107 Å². The summed E-state index contributed by atoms with van der Waals surface area (Å²) >= 11 is 2.13. The van der Waals surface area contributed by atoms with E-state index in [1.54, 1.807) is 62.7 Å². The minimum absolute atomic E-state index is 0.00540. The van der Waals surface area contributed by atoms with E-state index in [0.29, 0.717) is 65.3 Å². The highest BCUT2D eigenvalue weighted by Gasteiger charge is 2.50. The highest BCUT2D eigenvalue weighted by molar-refractivity contribution is 8.00. The number of likely N-dealkylation sites (N-methyl/N-ethyl adjacent to an activating group) is 3. The first-order valence-electron chi connectivity index (χ1n) is 45.8. The average molecular weight is 1930 g/mol. The van der Waals surface area contributed by atoms with Crippen molar-refractivity contribution >= 4 is 151 Å². The Morgan fingerprint density at radius 2 is 1.22 bits per heavy atom. The molecular formula is C92H129N23O19S2. The van der Waals surface area contributed by atoms with E-state index in [0.717, 1.165) is 36.5 Å². The van der Waals surface area contributed by atoms with E-state index in [2.05, 4.69) is 73.4 Å². The van der Waals surface area contributed by atoms with E-state index < -0.39 is 222 Å². The van der Waals surface area contributed by atoms with Crippen LogP contribution >= 0.6 is 23.1 Å². The van der Waals surface area contributed by atoms with Gasteiger partial charge in [0.25, 0.3) is 0 Å². The number of aromatic amines is 2. The van der Waals surface area contributed by atoms with Crippen LogP contribution in [0.3, 0.4) is 0 Å². The molecule has 15 atom stereocenters. The minimum atomic E-state index is -2.04. The molecule has 42 nitrogen and oxygen atoms in total. The topological polar surface area (TPSA) is 626 Å². The van der Waals surface area contributed by atoms with E-state index >= 15 is 43.2 Å². The van der Waals surface area contributed by atoms with Gasteiger partial charge >= 0.3 is 0 Å². The molecule has 0 radical (unpaired) electrons. The Labute approximate surface area is 796 Å². The average Bonchev–Trinajstić information content (AvgIpc) is 1.61. The number of carbonyl (C=O) groups is 17. The predicted octanol–water partition coefficient (Wildman–Crippen LogP) is -0.778. The second kappa shape index (κ2) is 50.5. The molecule has 0 bridgehead atoms. The number of aliphatic hydroxyl groups is 1. The Kier molecular flexibility index (Phi) is 39.5. The van der Waals surface area contributed by atoms with Gasteiger partial charge in [0, 0.05) is 99.0 Å². The number of hydrogen-bond donors (Lipinski definition) is 19. The lowest BCUT2D eigenvalue weighted by molar-refractivity contribution is -0.149. The number of nitrogens with one attached hydrogen (secondary N) is 14.